The first-order valence-electron chi connectivity index (χ1n) is 7.32. The molecule has 0 amide bonds. The fourth-order valence-electron chi connectivity index (χ4n) is 3.05. The zero-order valence-corrected chi connectivity index (χ0v) is 12.2. The Kier molecular flexibility index (Phi) is 3.86. The fraction of sp³-hybridized carbons (Fsp3) is 0.533. The van der Waals surface area contributed by atoms with Crippen molar-refractivity contribution in [3.05, 3.63) is 29.1 Å². The van der Waals surface area contributed by atoms with E-state index in [-0.39, 0.29) is 18.1 Å². The minimum Gasteiger partial charge on any atom is -0.392 e. The van der Waals surface area contributed by atoms with Crippen LogP contribution < -0.4 is 5.32 Å². The highest BCUT2D eigenvalue weighted by molar-refractivity contribution is 5.80. The third-order valence-corrected chi connectivity index (χ3v) is 4.12. The van der Waals surface area contributed by atoms with Crippen molar-refractivity contribution in [2.45, 2.75) is 51.1 Å². The Morgan fingerprint density at radius 3 is 2.77 bits per heavy atom. The van der Waals surface area contributed by atoms with E-state index < -0.39 is 17.8 Å². The molecular formula is C15H18F3N3O. The number of hydrogen-bond acceptors (Lipinski definition) is 3. The minimum absolute atomic E-state index is 0.0228. The second kappa shape index (κ2) is 5.55. The molecule has 7 heteroatoms. The summed E-state index contributed by atoms with van der Waals surface area (Å²) in [6.45, 7) is 1.92. The molecule has 3 rings (SSSR count). The number of halogens is 3. The smallest absolute Gasteiger partial charge is 0.392 e. The Labute approximate surface area is 125 Å². The molecule has 1 heterocycles. The van der Waals surface area contributed by atoms with Gasteiger partial charge in [0.05, 0.1) is 22.7 Å². The first-order chi connectivity index (χ1) is 10.3. The van der Waals surface area contributed by atoms with Gasteiger partial charge in [-0.1, -0.05) is 0 Å². The molecule has 1 aliphatic rings. The van der Waals surface area contributed by atoms with Crippen LogP contribution >= 0.6 is 0 Å². The lowest BCUT2D eigenvalue weighted by Gasteiger charge is -2.17. The summed E-state index contributed by atoms with van der Waals surface area (Å²) in [6.07, 6.45) is -2.33. The van der Waals surface area contributed by atoms with Crippen LogP contribution in [0.1, 0.15) is 36.2 Å². The molecule has 22 heavy (non-hydrogen) atoms. The van der Waals surface area contributed by atoms with Gasteiger partial charge in [0.25, 0.3) is 0 Å². The molecular weight excluding hydrogens is 295 g/mol. The summed E-state index contributed by atoms with van der Waals surface area (Å²) >= 11 is 0. The van der Waals surface area contributed by atoms with Gasteiger partial charge < -0.3 is 15.4 Å². The number of imidazole rings is 1. The SMILES string of the molecule is Cc1nc2cc(CN[C@@H]3CCC[C@H]3O)cc(C(F)(F)F)c2[nH]1. The van der Waals surface area contributed by atoms with Crippen molar-refractivity contribution in [3.63, 3.8) is 0 Å². The van der Waals surface area contributed by atoms with E-state index in [9.17, 15) is 18.3 Å². The molecule has 0 saturated heterocycles. The summed E-state index contributed by atoms with van der Waals surface area (Å²) in [5, 5.41) is 12.9. The summed E-state index contributed by atoms with van der Waals surface area (Å²) in [5.74, 6) is 0.455. The highest BCUT2D eigenvalue weighted by Gasteiger charge is 2.34. The lowest BCUT2D eigenvalue weighted by molar-refractivity contribution is -0.136. The number of nitrogens with one attached hydrogen (secondary N) is 2. The van der Waals surface area contributed by atoms with Crippen molar-refractivity contribution in [1.82, 2.24) is 15.3 Å². The molecule has 3 N–H and O–H groups in total. The number of aliphatic hydroxyl groups is 1. The van der Waals surface area contributed by atoms with Crippen LogP contribution in [-0.4, -0.2) is 27.2 Å². The predicted octanol–water partition coefficient (Wildman–Crippen LogP) is 2.89. The number of rotatable bonds is 3. The second-order valence-electron chi connectivity index (χ2n) is 5.84. The molecule has 0 unspecified atom stereocenters. The Hall–Kier alpha value is -1.60. The van der Waals surface area contributed by atoms with Crippen molar-refractivity contribution in [1.29, 1.82) is 0 Å². The van der Waals surface area contributed by atoms with Crippen molar-refractivity contribution in [2.24, 2.45) is 0 Å². The zero-order valence-electron chi connectivity index (χ0n) is 12.2. The number of nitrogens with zero attached hydrogens (tertiary/aromatic N) is 1. The van der Waals surface area contributed by atoms with Gasteiger partial charge in [0.2, 0.25) is 0 Å². The van der Waals surface area contributed by atoms with E-state index in [1.165, 1.54) is 0 Å². The van der Waals surface area contributed by atoms with E-state index in [0.29, 0.717) is 16.9 Å². The molecule has 4 nitrogen and oxygen atoms in total. The van der Waals surface area contributed by atoms with Crippen LogP contribution in [0.2, 0.25) is 0 Å². The summed E-state index contributed by atoms with van der Waals surface area (Å²) in [7, 11) is 0. The van der Waals surface area contributed by atoms with E-state index in [1.807, 2.05) is 0 Å². The molecule has 2 atom stereocenters. The van der Waals surface area contributed by atoms with Gasteiger partial charge >= 0.3 is 6.18 Å². The number of H-pyrrole nitrogens is 1. The van der Waals surface area contributed by atoms with Gasteiger partial charge in [-0.15, -0.1) is 0 Å². The molecule has 0 bridgehead atoms. The van der Waals surface area contributed by atoms with Gasteiger partial charge in [-0.3, -0.25) is 0 Å². The maximum absolute atomic E-state index is 13.2. The summed E-state index contributed by atoms with van der Waals surface area (Å²) < 4.78 is 39.6. The maximum Gasteiger partial charge on any atom is 0.418 e. The van der Waals surface area contributed by atoms with Gasteiger partial charge in [0.15, 0.2) is 0 Å². The van der Waals surface area contributed by atoms with Gasteiger partial charge in [0.1, 0.15) is 5.82 Å². The van der Waals surface area contributed by atoms with Gasteiger partial charge in [-0.05, 0) is 43.9 Å². The average molecular weight is 313 g/mol. The number of aliphatic hydroxyl groups excluding tert-OH is 1. The molecule has 1 aliphatic carbocycles. The summed E-state index contributed by atoms with van der Waals surface area (Å²) in [4.78, 5) is 6.78. The first-order valence-corrected chi connectivity index (χ1v) is 7.32. The van der Waals surface area contributed by atoms with Crippen molar-refractivity contribution >= 4 is 11.0 Å². The van der Waals surface area contributed by atoms with Crippen LogP contribution in [-0.2, 0) is 12.7 Å². The quantitative estimate of drug-likeness (QED) is 0.816. The maximum atomic E-state index is 13.2. The van der Waals surface area contributed by atoms with Crippen LogP contribution in [0.25, 0.3) is 11.0 Å². The highest BCUT2D eigenvalue weighted by atomic mass is 19.4. The Morgan fingerprint density at radius 2 is 2.14 bits per heavy atom. The lowest BCUT2D eigenvalue weighted by atomic mass is 10.1. The molecule has 0 radical (unpaired) electrons. The Balaban J connectivity index is 1.89. The third kappa shape index (κ3) is 2.96. The molecule has 1 saturated carbocycles. The van der Waals surface area contributed by atoms with Crippen LogP contribution in [0.15, 0.2) is 12.1 Å². The van der Waals surface area contributed by atoms with Crippen molar-refractivity contribution in [2.75, 3.05) is 0 Å². The average Bonchev–Trinajstić information content (AvgIpc) is 2.98. The number of aromatic amines is 1. The summed E-state index contributed by atoms with van der Waals surface area (Å²) in [5.41, 5.74) is 0.158. The first kappa shape index (κ1) is 15.3. The molecule has 1 fully saturated rings. The molecule has 1 aromatic heterocycles. The van der Waals surface area contributed by atoms with Crippen LogP contribution in [0, 0.1) is 6.92 Å². The standard InChI is InChI=1S/C15H18F3N3O/c1-8-20-12-6-9(7-19-11-3-2-4-13(11)22)5-10(14(12)21-8)15(16,17)18/h5-6,11,13,19,22H,2-4,7H2,1H3,(H,20,21)/t11-,13-/m1/s1. The van der Waals surface area contributed by atoms with E-state index in [0.717, 1.165) is 25.3 Å². The second-order valence-corrected chi connectivity index (χ2v) is 5.84. The van der Waals surface area contributed by atoms with E-state index in [1.54, 1.807) is 13.0 Å². The van der Waals surface area contributed by atoms with E-state index >= 15 is 0 Å². The number of hydrogen-bond donors (Lipinski definition) is 3. The molecule has 2 aromatic rings. The van der Waals surface area contributed by atoms with Crippen LogP contribution in [0.4, 0.5) is 13.2 Å². The lowest BCUT2D eigenvalue weighted by Crippen LogP contribution is -2.35. The highest BCUT2D eigenvalue weighted by Crippen LogP contribution is 2.35. The van der Waals surface area contributed by atoms with Gasteiger partial charge in [0, 0.05) is 12.6 Å². The minimum atomic E-state index is -4.43. The normalized spacial score (nSPS) is 22.6. The molecule has 1 aromatic carbocycles. The van der Waals surface area contributed by atoms with E-state index in [4.69, 9.17) is 0 Å². The number of benzene rings is 1. The van der Waals surface area contributed by atoms with E-state index in [2.05, 4.69) is 15.3 Å². The topological polar surface area (TPSA) is 60.9 Å². The van der Waals surface area contributed by atoms with Crippen molar-refractivity contribution < 1.29 is 18.3 Å². The fourth-order valence-corrected chi connectivity index (χ4v) is 3.05. The van der Waals surface area contributed by atoms with Crippen LogP contribution in [0.5, 0.6) is 0 Å². The largest absolute Gasteiger partial charge is 0.418 e. The van der Waals surface area contributed by atoms with Gasteiger partial charge in [-0.25, -0.2) is 4.98 Å². The monoisotopic (exact) mass is 313 g/mol. The Morgan fingerprint density at radius 1 is 1.36 bits per heavy atom. The number of aromatic nitrogens is 2. The van der Waals surface area contributed by atoms with Crippen molar-refractivity contribution in [3.8, 4) is 0 Å². The van der Waals surface area contributed by atoms with Gasteiger partial charge in [-0.2, -0.15) is 13.2 Å². The number of alkyl halides is 3. The zero-order chi connectivity index (χ0) is 15.9. The van der Waals surface area contributed by atoms with Crippen LogP contribution in [0.3, 0.4) is 0 Å². The Bertz CT molecular complexity index is 680. The molecule has 120 valence electrons. The summed E-state index contributed by atoms with van der Waals surface area (Å²) in [6, 6.07) is 2.75. The molecule has 0 aliphatic heterocycles. The number of fused-ring (bicyclic) bond motifs is 1. The third-order valence-electron chi connectivity index (χ3n) is 4.12. The molecule has 0 spiro atoms. The number of aryl methyl sites for hydroxylation is 1. The predicted molar refractivity (Wildman–Crippen MR) is 76.3 cm³/mol.